The standard InChI is InChI=1S/C26H32N4O3/c1-5-22(31)19-7-6-12-29(16-19)25-15-21(27-24-13-17(2)28-30(24)25)14-23(32)18-8-10-20(11-9-18)26(3,4)33/h8-11,13,15,19,33H,5-7,12,14,16H2,1-4H3/t19-/m1/s1. The summed E-state index contributed by atoms with van der Waals surface area (Å²) in [6, 6.07) is 10.9. The van der Waals surface area contributed by atoms with Crippen molar-refractivity contribution in [2.24, 2.45) is 5.92 Å². The Hall–Kier alpha value is -3.06. The molecule has 1 fully saturated rings. The van der Waals surface area contributed by atoms with Gasteiger partial charge in [0.2, 0.25) is 0 Å². The molecule has 0 unspecified atom stereocenters. The number of rotatable bonds is 7. The maximum atomic E-state index is 13.0. The van der Waals surface area contributed by atoms with Gasteiger partial charge in [-0.3, -0.25) is 9.59 Å². The van der Waals surface area contributed by atoms with Crippen LogP contribution in [0.25, 0.3) is 5.65 Å². The molecule has 7 nitrogen and oxygen atoms in total. The molecule has 0 saturated carbocycles. The zero-order chi connectivity index (χ0) is 23.8. The van der Waals surface area contributed by atoms with Crippen molar-refractivity contribution in [1.29, 1.82) is 0 Å². The van der Waals surface area contributed by atoms with Gasteiger partial charge in [0, 0.05) is 43.1 Å². The zero-order valence-electron chi connectivity index (χ0n) is 19.8. The Bertz CT molecular complexity index is 1170. The van der Waals surface area contributed by atoms with Crippen LogP contribution in [0.5, 0.6) is 0 Å². The maximum Gasteiger partial charge on any atom is 0.168 e. The van der Waals surface area contributed by atoms with E-state index in [9.17, 15) is 14.7 Å². The second kappa shape index (κ2) is 9.06. The number of Topliss-reactive ketones (excluding diaryl/α,β-unsaturated/α-hetero) is 2. The number of aliphatic hydroxyl groups is 1. The normalized spacial score (nSPS) is 16.9. The van der Waals surface area contributed by atoms with E-state index < -0.39 is 5.60 Å². The van der Waals surface area contributed by atoms with Crippen molar-refractivity contribution in [3.63, 3.8) is 0 Å². The molecule has 1 aromatic carbocycles. The Labute approximate surface area is 194 Å². The molecule has 1 saturated heterocycles. The van der Waals surface area contributed by atoms with E-state index in [4.69, 9.17) is 4.98 Å². The number of ketones is 2. The third-order valence-corrected chi connectivity index (χ3v) is 6.39. The highest BCUT2D eigenvalue weighted by molar-refractivity contribution is 5.97. The largest absolute Gasteiger partial charge is 0.386 e. The lowest BCUT2D eigenvalue weighted by Crippen LogP contribution is -2.39. The lowest BCUT2D eigenvalue weighted by molar-refractivity contribution is -0.122. The highest BCUT2D eigenvalue weighted by Crippen LogP contribution is 2.26. The van der Waals surface area contributed by atoms with Crippen LogP contribution < -0.4 is 4.90 Å². The Balaban J connectivity index is 1.62. The monoisotopic (exact) mass is 448 g/mol. The molecule has 174 valence electrons. The highest BCUT2D eigenvalue weighted by Gasteiger charge is 2.27. The molecule has 0 bridgehead atoms. The fraction of sp³-hybridized carbons (Fsp3) is 0.462. The van der Waals surface area contributed by atoms with E-state index in [0.717, 1.165) is 36.5 Å². The van der Waals surface area contributed by atoms with Gasteiger partial charge in [-0.2, -0.15) is 9.61 Å². The predicted octanol–water partition coefficient (Wildman–Crippen LogP) is 3.89. The molecule has 7 heteroatoms. The molecule has 3 heterocycles. The van der Waals surface area contributed by atoms with Gasteiger partial charge in [-0.25, -0.2) is 4.98 Å². The van der Waals surface area contributed by atoms with Crippen molar-refractivity contribution in [2.75, 3.05) is 18.0 Å². The van der Waals surface area contributed by atoms with Crippen LogP contribution in [0.2, 0.25) is 0 Å². The highest BCUT2D eigenvalue weighted by atomic mass is 16.3. The van der Waals surface area contributed by atoms with Gasteiger partial charge < -0.3 is 10.0 Å². The first-order chi connectivity index (χ1) is 15.7. The minimum absolute atomic E-state index is 0.0306. The van der Waals surface area contributed by atoms with Crippen LogP contribution in [0.15, 0.2) is 36.4 Å². The first-order valence-electron chi connectivity index (χ1n) is 11.7. The van der Waals surface area contributed by atoms with Crippen molar-refractivity contribution in [2.45, 2.75) is 59.0 Å². The Morgan fingerprint density at radius 1 is 1.18 bits per heavy atom. The minimum Gasteiger partial charge on any atom is -0.386 e. The molecule has 1 aliphatic heterocycles. The van der Waals surface area contributed by atoms with Crippen LogP contribution in [-0.4, -0.2) is 44.4 Å². The number of aromatic nitrogens is 3. The number of nitrogens with zero attached hydrogens (tertiary/aromatic N) is 4. The van der Waals surface area contributed by atoms with Crippen molar-refractivity contribution in [3.05, 3.63) is 58.9 Å². The molecule has 3 aromatic rings. The molecule has 0 spiro atoms. The summed E-state index contributed by atoms with van der Waals surface area (Å²) in [6.45, 7) is 8.79. The summed E-state index contributed by atoms with van der Waals surface area (Å²) in [5, 5.41) is 14.8. The number of hydrogen-bond acceptors (Lipinski definition) is 6. The molecular weight excluding hydrogens is 416 g/mol. The molecule has 0 amide bonds. The van der Waals surface area contributed by atoms with Gasteiger partial charge in [-0.15, -0.1) is 0 Å². The first-order valence-corrected chi connectivity index (χ1v) is 11.7. The summed E-state index contributed by atoms with van der Waals surface area (Å²) in [5.74, 6) is 1.17. The van der Waals surface area contributed by atoms with Gasteiger partial charge in [0.15, 0.2) is 11.4 Å². The number of benzene rings is 1. The molecule has 1 N–H and O–H groups in total. The van der Waals surface area contributed by atoms with Crippen molar-refractivity contribution in [1.82, 2.24) is 14.6 Å². The van der Waals surface area contributed by atoms with Crippen LogP contribution in [0.4, 0.5) is 5.82 Å². The topological polar surface area (TPSA) is 87.8 Å². The average molecular weight is 449 g/mol. The van der Waals surface area contributed by atoms with E-state index in [0.29, 0.717) is 35.7 Å². The van der Waals surface area contributed by atoms with Crippen LogP contribution in [0, 0.1) is 12.8 Å². The number of anilines is 1. The summed E-state index contributed by atoms with van der Waals surface area (Å²) in [6.07, 6.45) is 2.59. The molecule has 33 heavy (non-hydrogen) atoms. The summed E-state index contributed by atoms with van der Waals surface area (Å²) in [4.78, 5) is 32.2. The molecule has 0 aliphatic carbocycles. The van der Waals surface area contributed by atoms with Crippen LogP contribution in [-0.2, 0) is 16.8 Å². The van der Waals surface area contributed by atoms with Gasteiger partial charge in [0.25, 0.3) is 0 Å². The third kappa shape index (κ3) is 4.98. The van der Waals surface area contributed by atoms with Gasteiger partial charge >= 0.3 is 0 Å². The van der Waals surface area contributed by atoms with Crippen molar-refractivity contribution in [3.8, 4) is 0 Å². The van der Waals surface area contributed by atoms with Gasteiger partial charge in [0.1, 0.15) is 11.6 Å². The van der Waals surface area contributed by atoms with E-state index in [2.05, 4.69) is 10.00 Å². The van der Waals surface area contributed by atoms with E-state index in [1.807, 2.05) is 30.5 Å². The Morgan fingerprint density at radius 3 is 2.58 bits per heavy atom. The minimum atomic E-state index is -0.950. The SMILES string of the molecule is CCC(=O)[C@@H]1CCCN(c2cc(CC(=O)c3ccc(C(C)(C)O)cc3)nc3cc(C)nn23)C1. The number of fused-ring (bicyclic) bond motifs is 1. The van der Waals surface area contributed by atoms with Crippen LogP contribution in [0.1, 0.15) is 67.3 Å². The lowest BCUT2D eigenvalue weighted by atomic mass is 9.92. The van der Waals surface area contributed by atoms with E-state index >= 15 is 0 Å². The molecule has 4 rings (SSSR count). The van der Waals surface area contributed by atoms with Gasteiger partial charge in [0.05, 0.1) is 23.4 Å². The summed E-state index contributed by atoms with van der Waals surface area (Å²) in [5.41, 5.74) is 2.63. The predicted molar refractivity (Wildman–Crippen MR) is 128 cm³/mol. The maximum absolute atomic E-state index is 13.0. The molecule has 1 atom stereocenters. The lowest BCUT2D eigenvalue weighted by Gasteiger charge is -2.33. The molecule has 2 aromatic heterocycles. The smallest absolute Gasteiger partial charge is 0.168 e. The third-order valence-electron chi connectivity index (χ3n) is 6.39. The van der Waals surface area contributed by atoms with E-state index in [1.165, 1.54) is 0 Å². The molecular formula is C26H32N4O3. The first kappa shape index (κ1) is 23.1. The van der Waals surface area contributed by atoms with Gasteiger partial charge in [-0.1, -0.05) is 31.2 Å². The Morgan fingerprint density at radius 2 is 1.91 bits per heavy atom. The van der Waals surface area contributed by atoms with Crippen molar-refractivity contribution >= 4 is 23.0 Å². The number of carbonyl (C=O) groups is 2. The second-order valence-electron chi connectivity index (χ2n) is 9.50. The van der Waals surface area contributed by atoms with Crippen LogP contribution >= 0.6 is 0 Å². The number of hydrogen-bond donors (Lipinski definition) is 1. The van der Waals surface area contributed by atoms with E-state index in [-0.39, 0.29) is 18.1 Å². The van der Waals surface area contributed by atoms with E-state index in [1.54, 1.807) is 38.1 Å². The fourth-order valence-electron chi connectivity index (χ4n) is 4.51. The number of carbonyl (C=O) groups excluding carboxylic acids is 2. The molecule has 0 radical (unpaired) electrons. The average Bonchev–Trinajstić information content (AvgIpc) is 3.17. The second-order valence-corrected chi connectivity index (χ2v) is 9.50. The number of piperidine rings is 1. The summed E-state index contributed by atoms with van der Waals surface area (Å²) >= 11 is 0. The molecule has 1 aliphatic rings. The summed E-state index contributed by atoms with van der Waals surface area (Å²) in [7, 11) is 0. The van der Waals surface area contributed by atoms with Crippen molar-refractivity contribution < 1.29 is 14.7 Å². The quantitative estimate of drug-likeness (QED) is 0.552. The fourth-order valence-corrected chi connectivity index (χ4v) is 4.51. The Kier molecular flexibility index (Phi) is 6.34. The number of aryl methyl sites for hydroxylation is 1. The van der Waals surface area contributed by atoms with Gasteiger partial charge in [-0.05, 0) is 39.2 Å². The summed E-state index contributed by atoms with van der Waals surface area (Å²) < 4.78 is 1.82. The van der Waals surface area contributed by atoms with Crippen LogP contribution in [0.3, 0.4) is 0 Å². The zero-order valence-corrected chi connectivity index (χ0v) is 19.8.